The van der Waals surface area contributed by atoms with Crippen LogP contribution in [-0.4, -0.2) is 49.3 Å². The molecular weight excluding hydrogens is 653 g/mol. The topological polar surface area (TPSA) is 134 Å². The molecule has 0 fully saturated rings. The molecule has 0 radical (unpaired) electrons. The van der Waals surface area contributed by atoms with Crippen LogP contribution in [0.4, 0.5) is 0 Å². The molecule has 0 aromatic rings. The van der Waals surface area contributed by atoms with E-state index in [1.807, 2.05) is 0 Å². The van der Waals surface area contributed by atoms with E-state index < -0.39 is 32.5 Å². The summed E-state index contributed by atoms with van der Waals surface area (Å²) in [5.41, 5.74) is 5.33. The summed E-state index contributed by atoms with van der Waals surface area (Å²) in [5, 5.41) is 0. The van der Waals surface area contributed by atoms with Gasteiger partial charge in [-0.25, -0.2) is 4.57 Å². The lowest BCUT2D eigenvalue weighted by Gasteiger charge is -2.19. The van der Waals surface area contributed by atoms with Crippen LogP contribution in [0.5, 0.6) is 0 Å². The first kappa shape index (κ1) is 48.2. The first-order chi connectivity index (χ1) is 24.3. The average molecular weight is 728 g/mol. The smallest absolute Gasteiger partial charge is 0.462 e. The summed E-state index contributed by atoms with van der Waals surface area (Å²) >= 11 is 0. The second-order valence-electron chi connectivity index (χ2n) is 13.1. The van der Waals surface area contributed by atoms with Gasteiger partial charge in [0.05, 0.1) is 13.2 Å². The first-order valence-electron chi connectivity index (χ1n) is 20.0. The molecule has 0 bridgehead atoms. The number of unbranched alkanes of at least 4 members (excludes halogenated alkanes) is 18. The van der Waals surface area contributed by atoms with Crippen LogP contribution in [-0.2, 0) is 32.7 Å². The number of phosphoric acid groups is 1. The van der Waals surface area contributed by atoms with Crippen molar-refractivity contribution in [3.8, 4) is 0 Å². The van der Waals surface area contributed by atoms with Crippen LogP contribution in [0, 0.1) is 0 Å². The molecule has 50 heavy (non-hydrogen) atoms. The van der Waals surface area contributed by atoms with E-state index in [1.54, 1.807) is 0 Å². The van der Waals surface area contributed by atoms with Gasteiger partial charge in [0.2, 0.25) is 0 Å². The van der Waals surface area contributed by atoms with Crippen molar-refractivity contribution in [2.75, 3.05) is 26.4 Å². The van der Waals surface area contributed by atoms with E-state index in [1.165, 1.54) is 83.5 Å². The Balaban J connectivity index is 4.27. The molecule has 10 heteroatoms. The fourth-order valence-electron chi connectivity index (χ4n) is 5.26. The third-order valence-electron chi connectivity index (χ3n) is 8.25. The van der Waals surface area contributed by atoms with Gasteiger partial charge in [-0.3, -0.25) is 18.6 Å². The number of hydrogen-bond acceptors (Lipinski definition) is 8. The average Bonchev–Trinajstić information content (AvgIpc) is 3.10. The van der Waals surface area contributed by atoms with Crippen LogP contribution >= 0.6 is 7.82 Å². The second-order valence-corrected chi connectivity index (χ2v) is 14.6. The van der Waals surface area contributed by atoms with Crippen molar-refractivity contribution in [2.24, 2.45) is 5.73 Å². The van der Waals surface area contributed by atoms with Crippen molar-refractivity contribution >= 4 is 19.8 Å². The number of phosphoric ester groups is 1. The number of esters is 2. The molecule has 0 aliphatic carbocycles. The molecular formula is C40H74NO8P. The van der Waals surface area contributed by atoms with Gasteiger partial charge in [0.25, 0.3) is 0 Å². The van der Waals surface area contributed by atoms with E-state index in [2.05, 4.69) is 50.3 Å². The van der Waals surface area contributed by atoms with Gasteiger partial charge < -0.3 is 20.1 Å². The summed E-state index contributed by atoms with van der Waals surface area (Å²) in [5.74, 6) is -0.893. The second kappa shape index (κ2) is 37.0. The third-order valence-corrected chi connectivity index (χ3v) is 9.23. The Bertz CT molecular complexity index is 923. The summed E-state index contributed by atoms with van der Waals surface area (Å²) < 4.78 is 32.6. The minimum absolute atomic E-state index is 0.0458. The quantitative estimate of drug-likeness (QED) is 0.0277. The SMILES string of the molecule is CCCCC/C=C/CCCCCCCC(=O)OC[C@H](COP(=O)(O)OCCN)OC(=O)CCC/C=C/C/C=C/CCCCCCCCCCC. The van der Waals surface area contributed by atoms with Gasteiger partial charge in [-0.15, -0.1) is 0 Å². The van der Waals surface area contributed by atoms with Gasteiger partial charge in [-0.2, -0.15) is 0 Å². The van der Waals surface area contributed by atoms with Gasteiger partial charge in [0.15, 0.2) is 6.10 Å². The van der Waals surface area contributed by atoms with Crippen molar-refractivity contribution in [3.63, 3.8) is 0 Å². The van der Waals surface area contributed by atoms with Crippen LogP contribution in [0.1, 0.15) is 174 Å². The number of allylic oxidation sites excluding steroid dienone is 6. The highest BCUT2D eigenvalue weighted by Gasteiger charge is 2.25. The molecule has 0 aliphatic heterocycles. The predicted molar refractivity (Wildman–Crippen MR) is 206 cm³/mol. The lowest BCUT2D eigenvalue weighted by atomic mass is 10.1. The Morgan fingerprint density at radius 3 is 1.64 bits per heavy atom. The molecule has 0 saturated heterocycles. The van der Waals surface area contributed by atoms with Crippen molar-refractivity contribution in [1.29, 1.82) is 0 Å². The minimum atomic E-state index is -4.38. The number of carbonyl (C=O) groups excluding carboxylic acids is 2. The number of rotatable bonds is 37. The Morgan fingerprint density at radius 1 is 0.600 bits per heavy atom. The molecule has 9 nitrogen and oxygen atoms in total. The van der Waals surface area contributed by atoms with Crippen LogP contribution in [0.2, 0.25) is 0 Å². The molecule has 0 spiro atoms. The Labute approximate surface area is 305 Å². The zero-order valence-electron chi connectivity index (χ0n) is 31.9. The fourth-order valence-corrected chi connectivity index (χ4v) is 6.02. The summed E-state index contributed by atoms with van der Waals surface area (Å²) in [6.07, 6.45) is 39.0. The number of hydrogen-bond donors (Lipinski definition) is 2. The van der Waals surface area contributed by atoms with E-state index in [0.717, 1.165) is 51.4 Å². The predicted octanol–water partition coefficient (Wildman–Crippen LogP) is 11.0. The zero-order valence-corrected chi connectivity index (χ0v) is 32.8. The van der Waals surface area contributed by atoms with Crippen molar-refractivity contribution < 1.29 is 37.6 Å². The number of ether oxygens (including phenoxy) is 2. The van der Waals surface area contributed by atoms with E-state index in [4.69, 9.17) is 24.3 Å². The van der Waals surface area contributed by atoms with E-state index >= 15 is 0 Å². The molecule has 0 rings (SSSR count). The lowest BCUT2D eigenvalue weighted by molar-refractivity contribution is -0.161. The van der Waals surface area contributed by atoms with Crippen molar-refractivity contribution in [1.82, 2.24) is 0 Å². The lowest BCUT2D eigenvalue weighted by Crippen LogP contribution is -2.29. The van der Waals surface area contributed by atoms with Crippen LogP contribution in [0.25, 0.3) is 0 Å². The molecule has 0 aliphatic rings. The first-order valence-corrected chi connectivity index (χ1v) is 21.5. The zero-order chi connectivity index (χ0) is 36.8. The molecule has 0 amide bonds. The largest absolute Gasteiger partial charge is 0.472 e. The van der Waals surface area contributed by atoms with E-state index in [0.29, 0.717) is 12.8 Å². The fraction of sp³-hybridized carbons (Fsp3) is 0.800. The summed E-state index contributed by atoms with van der Waals surface area (Å²) in [4.78, 5) is 34.7. The van der Waals surface area contributed by atoms with Crippen molar-refractivity contribution in [3.05, 3.63) is 36.5 Å². The normalized spacial score (nSPS) is 13.8. The van der Waals surface area contributed by atoms with Crippen LogP contribution < -0.4 is 5.73 Å². The Hall–Kier alpha value is -1.77. The maximum atomic E-state index is 12.5. The molecule has 1 unspecified atom stereocenters. The van der Waals surface area contributed by atoms with Crippen LogP contribution in [0.3, 0.4) is 0 Å². The summed E-state index contributed by atoms with van der Waals surface area (Å²) in [7, 11) is -4.38. The van der Waals surface area contributed by atoms with Gasteiger partial charge >= 0.3 is 19.8 Å². The maximum Gasteiger partial charge on any atom is 0.472 e. The molecule has 2 atom stereocenters. The summed E-state index contributed by atoms with van der Waals surface area (Å²) in [6.45, 7) is 3.64. The highest BCUT2D eigenvalue weighted by Crippen LogP contribution is 2.43. The summed E-state index contributed by atoms with van der Waals surface area (Å²) in [6, 6.07) is 0. The van der Waals surface area contributed by atoms with Crippen LogP contribution in [0.15, 0.2) is 36.5 Å². The third kappa shape index (κ3) is 36.0. The molecule has 0 aromatic heterocycles. The number of nitrogens with two attached hydrogens (primary N) is 1. The molecule has 0 heterocycles. The van der Waals surface area contributed by atoms with Gasteiger partial charge in [0, 0.05) is 19.4 Å². The monoisotopic (exact) mass is 728 g/mol. The highest BCUT2D eigenvalue weighted by molar-refractivity contribution is 7.47. The Morgan fingerprint density at radius 2 is 1.06 bits per heavy atom. The van der Waals surface area contributed by atoms with E-state index in [-0.39, 0.29) is 32.6 Å². The number of carbonyl (C=O) groups is 2. The highest BCUT2D eigenvalue weighted by atomic mass is 31.2. The standard InChI is InChI=1S/C40H74NO8P/c1-3-5-7-9-11-13-15-17-18-19-20-21-23-25-27-29-31-33-40(43)49-38(37-48-50(44,45)47-35-34-41)36-46-39(42)32-30-28-26-24-22-16-14-12-10-8-6-4-2/h12,14,20-21,25,27,38H,3-11,13,15-19,22-24,26,28-37,41H2,1-2H3,(H,44,45)/b14-12+,21-20+,27-25+/t38-/m1/s1. The minimum Gasteiger partial charge on any atom is -0.462 e. The Kier molecular flexibility index (Phi) is 35.7. The molecule has 0 saturated carbocycles. The van der Waals surface area contributed by atoms with Gasteiger partial charge in [-0.1, -0.05) is 134 Å². The van der Waals surface area contributed by atoms with Gasteiger partial charge in [-0.05, 0) is 64.2 Å². The molecule has 292 valence electrons. The maximum absolute atomic E-state index is 12.5. The molecule has 0 aromatic carbocycles. The molecule has 3 N–H and O–H groups in total. The van der Waals surface area contributed by atoms with E-state index in [9.17, 15) is 19.0 Å². The van der Waals surface area contributed by atoms with Gasteiger partial charge in [0.1, 0.15) is 6.61 Å². The van der Waals surface area contributed by atoms with Crippen molar-refractivity contribution in [2.45, 2.75) is 180 Å².